The zero-order chi connectivity index (χ0) is 15.5. The van der Waals surface area contributed by atoms with E-state index in [4.69, 9.17) is 0 Å². The second kappa shape index (κ2) is 6.11. The van der Waals surface area contributed by atoms with Crippen molar-refractivity contribution in [3.63, 3.8) is 0 Å². The van der Waals surface area contributed by atoms with E-state index in [0.717, 1.165) is 25.1 Å². The van der Waals surface area contributed by atoms with Crippen LogP contribution in [0.1, 0.15) is 34.8 Å². The Hall–Kier alpha value is -2.11. The summed E-state index contributed by atoms with van der Waals surface area (Å²) in [6, 6.07) is 4.64. The van der Waals surface area contributed by atoms with Gasteiger partial charge in [0.2, 0.25) is 0 Å². The highest BCUT2D eigenvalue weighted by molar-refractivity contribution is 5.97. The summed E-state index contributed by atoms with van der Waals surface area (Å²) in [5, 5.41) is 4.06. The maximum absolute atomic E-state index is 12.4. The van der Waals surface area contributed by atoms with E-state index in [1.807, 2.05) is 6.92 Å². The summed E-state index contributed by atoms with van der Waals surface area (Å²) in [4.78, 5) is 12.0. The lowest BCUT2D eigenvalue weighted by Crippen LogP contribution is -2.06. The molecule has 0 aliphatic rings. The minimum Gasteiger partial charge on any atom is -0.294 e. The van der Waals surface area contributed by atoms with Gasteiger partial charge in [-0.1, -0.05) is 19.1 Å². The van der Waals surface area contributed by atoms with Gasteiger partial charge in [-0.3, -0.25) is 9.48 Å². The molecule has 0 saturated carbocycles. The summed E-state index contributed by atoms with van der Waals surface area (Å²) >= 11 is 0. The van der Waals surface area contributed by atoms with E-state index < -0.39 is 11.7 Å². The number of benzene rings is 1. The molecule has 0 radical (unpaired) electrons. The van der Waals surface area contributed by atoms with Crippen LogP contribution in [0, 0.1) is 0 Å². The number of Topliss-reactive ketones (excluding diaryl/α,β-unsaturated/α-hetero) is 1. The number of aryl methyl sites for hydroxylation is 1. The minimum absolute atomic E-state index is 0.0654. The number of hydrogen-bond donors (Lipinski definition) is 0. The molecule has 6 heteroatoms. The van der Waals surface area contributed by atoms with Crippen molar-refractivity contribution < 1.29 is 18.0 Å². The Bertz CT molecular complexity index is 615. The second-order valence-electron chi connectivity index (χ2n) is 4.79. The Labute approximate surface area is 120 Å². The smallest absolute Gasteiger partial charge is 0.294 e. The monoisotopic (exact) mass is 296 g/mol. The van der Waals surface area contributed by atoms with Gasteiger partial charge >= 0.3 is 6.18 Å². The molecule has 2 rings (SSSR count). The van der Waals surface area contributed by atoms with Gasteiger partial charge in [0.25, 0.3) is 0 Å². The number of halogens is 3. The Balaban J connectivity index is 2.05. The highest BCUT2D eigenvalue weighted by atomic mass is 19.4. The minimum atomic E-state index is -4.36. The molecule has 0 atom stereocenters. The first-order valence-electron chi connectivity index (χ1n) is 6.62. The van der Waals surface area contributed by atoms with Crippen molar-refractivity contribution in [1.82, 2.24) is 9.78 Å². The van der Waals surface area contributed by atoms with Gasteiger partial charge in [-0.25, -0.2) is 0 Å². The van der Waals surface area contributed by atoms with Crippen molar-refractivity contribution in [2.24, 2.45) is 0 Å². The Morgan fingerprint density at radius 2 is 1.90 bits per heavy atom. The van der Waals surface area contributed by atoms with E-state index in [1.54, 1.807) is 10.9 Å². The number of aromatic nitrogens is 2. The molecular formula is C15H15F3N2O. The van der Waals surface area contributed by atoms with Crippen LogP contribution < -0.4 is 0 Å². The van der Waals surface area contributed by atoms with Crippen LogP contribution in [0.25, 0.3) is 0 Å². The third kappa shape index (κ3) is 3.93. The number of carbonyl (C=O) groups excluding carboxylic acids is 1. The number of nitrogens with zero attached hydrogens (tertiary/aromatic N) is 2. The van der Waals surface area contributed by atoms with Crippen molar-refractivity contribution in [3.05, 3.63) is 53.3 Å². The van der Waals surface area contributed by atoms with Gasteiger partial charge < -0.3 is 0 Å². The average Bonchev–Trinajstić information content (AvgIpc) is 2.87. The van der Waals surface area contributed by atoms with Crippen molar-refractivity contribution >= 4 is 5.78 Å². The van der Waals surface area contributed by atoms with Crippen molar-refractivity contribution in [3.8, 4) is 0 Å². The van der Waals surface area contributed by atoms with Crippen LogP contribution in [0.5, 0.6) is 0 Å². The van der Waals surface area contributed by atoms with E-state index in [1.165, 1.54) is 18.3 Å². The highest BCUT2D eigenvalue weighted by Gasteiger charge is 2.29. The van der Waals surface area contributed by atoms with Crippen LogP contribution in [-0.2, 0) is 19.1 Å². The van der Waals surface area contributed by atoms with Crippen LogP contribution >= 0.6 is 0 Å². The van der Waals surface area contributed by atoms with E-state index in [0.29, 0.717) is 11.1 Å². The van der Waals surface area contributed by atoms with Gasteiger partial charge in [0.05, 0.1) is 17.3 Å². The maximum Gasteiger partial charge on any atom is 0.416 e. The molecule has 2 aromatic rings. The summed E-state index contributed by atoms with van der Waals surface area (Å²) in [5.74, 6) is -0.155. The first kappa shape index (κ1) is 15.3. The Morgan fingerprint density at radius 3 is 2.48 bits per heavy atom. The molecule has 0 bridgehead atoms. The lowest BCUT2D eigenvalue weighted by Gasteiger charge is -2.07. The number of alkyl halides is 3. The van der Waals surface area contributed by atoms with Gasteiger partial charge in [-0.15, -0.1) is 0 Å². The quantitative estimate of drug-likeness (QED) is 0.788. The van der Waals surface area contributed by atoms with E-state index in [2.05, 4.69) is 5.10 Å². The molecule has 0 saturated heterocycles. The summed E-state index contributed by atoms with van der Waals surface area (Å²) in [6.45, 7) is 2.74. The summed E-state index contributed by atoms with van der Waals surface area (Å²) in [7, 11) is 0. The highest BCUT2D eigenvalue weighted by Crippen LogP contribution is 2.29. The molecule has 0 spiro atoms. The van der Waals surface area contributed by atoms with Crippen LogP contribution in [-0.4, -0.2) is 15.6 Å². The number of ketones is 1. The lowest BCUT2D eigenvalue weighted by molar-refractivity contribution is -0.137. The van der Waals surface area contributed by atoms with Gasteiger partial charge in [0.1, 0.15) is 0 Å². The summed E-state index contributed by atoms with van der Waals surface area (Å²) in [5.41, 5.74) is 0.314. The standard InChI is InChI=1S/C15H15F3N2O/c1-2-7-20-10-12(9-19-20)14(21)8-11-3-5-13(6-4-11)15(16,17)18/h3-6,9-10H,2,7-8H2,1H3. The topological polar surface area (TPSA) is 34.9 Å². The first-order chi connectivity index (χ1) is 9.90. The number of hydrogen-bond acceptors (Lipinski definition) is 2. The molecule has 0 aliphatic carbocycles. The lowest BCUT2D eigenvalue weighted by atomic mass is 10.0. The zero-order valence-corrected chi connectivity index (χ0v) is 11.5. The van der Waals surface area contributed by atoms with Gasteiger partial charge in [-0.2, -0.15) is 18.3 Å². The molecule has 1 aromatic carbocycles. The fourth-order valence-electron chi connectivity index (χ4n) is 1.96. The van der Waals surface area contributed by atoms with Gasteiger partial charge in [-0.05, 0) is 24.1 Å². The first-order valence-corrected chi connectivity index (χ1v) is 6.62. The van der Waals surface area contributed by atoms with Gasteiger partial charge in [0, 0.05) is 19.2 Å². The Kier molecular flexibility index (Phi) is 4.45. The van der Waals surface area contributed by atoms with Crippen LogP contribution in [0.15, 0.2) is 36.7 Å². The van der Waals surface area contributed by atoms with Gasteiger partial charge in [0.15, 0.2) is 5.78 Å². The molecule has 0 unspecified atom stereocenters. The van der Waals surface area contributed by atoms with E-state index in [-0.39, 0.29) is 12.2 Å². The normalized spacial score (nSPS) is 11.6. The van der Waals surface area contributed by atoms with Crippen molar-refractivity contribution in [1.29, 1.82) is 0 Å². The summed E-state index contributed by atoms with van der Waals surface area (Å²) in [6.07, 6.45) is -0.230. The molecule has 0 N–H and O–H groups in total. The average molecular weight is 296 g/mol. The third-order valence-corrected chi connectivity index (χ3v) is 3.05. The Morgan fingerprint density at radius 1 is 1.24 bits per heavy atom. The van der Waals surface area contributed by atoms with Crippen molar-refractivity contribution in [2.45, 2.75) is 32.5 Å². The SMILES string of the molecule is CCCn1cc(C(=O)Cc2ccc(C(F)(F)F)cc2)cn1. The van der Waals surface area contributed by atoms with Crippen LogP contribution in [0.2, 0.25) is 0 Å². The fourth-order valence-corrected chi connectivity index (χ4v) is 1.96. The van der Waals surface area contributed by atoms with Crippen molar-refractivity contribution in [2.75, 3.05) is 0 Å². The molecule has 1 aromatic heterocycles. The molecule has 112 valence electrons. The number of carbonyl (C=O) groups is 1. The molecule has 3 nitrogen and oxygen atoms in total. The summed E-state index contributed by atoms with van der Waals surface area (Å²) < 4.78 is 39.0. The fraction of sp³-hybridized carbons (Fsp3) is 0.333. The molecule has 1 heterocycles. The van der Waals surface area contributed by atoms with E-state index >= 15 is 0 Å². The predicted octanol–water partition coefficient (Wildman–Crippen LogP) is 3.74. The molecule has 0 fully saturated rings. The molecule has 0 aliphatic heterocycles. The van der Waals surface area contributed by atoms with E-state index in [9.17, 15) is 18.0 Å². The second-order valence-corrected chi connectivity index (χ2v) is 4.79. The largest absolute Gasteiger partial charge is 0.416 e. The molecular weight excluding hydrogens is 281 g/mol. The molecule has 0 amide bonds. The third-order valence-electron chi connectivity index (χ3n) is 3.05. The zero-order valence-electron chi connectivity index (χ0n) is 11.5. The number of rotatable bonds is 5. The van der Waals surface area contributed by atoms with Crippen LogP contribution in [0.3, 0.4) is 0 Å². The predicted molar refractivity (Wildman–Crippen MR) is 72.0 cm³/mol. The molecule has 21 heavy (non-hydrogen) atoms. The van der Waals surface area contributed by atoms with Crippen LogP contribution in [0.4, 0.5) is 13.2 Å². The maximum atomic E-state index is 12.4.